The van der Waals surface area contributed by atoms with E-state index in [9.17, 15) is 0 Å². The zero-order valence-corrected chi connectivity index (χ0v) is 14.3. The molecule has 1 atom stereocenters. The second kappa shape index (κ2) is 6.39. The summed E-state index contributed by atoms with van der Waals surface area (Å²) in [6, 6.07) is 20.6. The van der Waals surface area contributed by atoms with Gasteiger partial charge in [-0.05, 0) is 40.5 Å². The normalized spacial score (nSPS) is 12.5. The lowest BCUT2D eigenvalue weighted by molar-refractivity contribution is 0.957. The van der Waals surface area contributed by atoms with E-state index >= 15 is 0 Å². The number of benzene rings is 3. The quantitative estimate of drug-likeness (QED) is 0.437. The highest BCUT2D eigenvalue weighted by atomic mass is 79.9. The third-order valence-electron chi connectivity index (χ3n) is 3.58. The molecule has 0 aliphatic rings. The number of hydrogen-bond acceptors (Lipinski definition) is 0. The summed E-state index contributed by atoms with van der Waals surface area (Å²) in [6.45, 7) is 0. The number of rotatable bonds is 3. The Kier molecular flexibility index (Phi) is 4.54. The first-order chi connectivity index (χ1) is 10.1. The average Bonchev–Trinajstić information content (AvgIpc) is 2.50. The SMILES string of the molecule is Clc1ccc(C(Br)Cc2cccc3ccccc23)cc1Cl. The van der Waals surface area contributed by atoms with Crippen LogP contribution < -0.4 is 0 Å². The van der Waals surface area contributed by atoms with Gasteiger partial charge in [-0.15, -0.1) is 0 Å². The van der Waals surface area contributed by atoms with E-state index in [0.29, 0.717) is 10.0 Å². The van der Waals surface area contributed by atoms with Gasteiger partial charge in [0.2, 0.25) is 0 Å². The summed E-state index contributed by atoms with van der Waals surface area (Å²) in [4.78, 5) is 0.207. The summed E-state index contributed by atoms with van der Waals surface area (Å²) >= 11 is 15.8. The Morgan fingerprint density at radius 2 is 1.62 bits per heavy atom. The molecule has 106 valence electrons. The van der Waals surface area contributed by atoms with Crippen molar-refractivity contribution in [2.45, 2.75) is 11.2 Å². The van der Waals surface area contributed by atoms with E-state index < -0.39 is 0 Å². The molecule has 0 aliphatic heterocycles. The third-order valence-corrected chi connectivity index (χ3v) is 5.18. The van der Waals surface area contributed by atoms with Crippen LogP contribution in [0.25, 0.3) is 10.8 Å². The van der Waals surface area contributed by atoms with Crippen LogP contribution in [0.1, 0.15) is 16.0 Å². The number of fused-ring (bicyclic) bond motifs is 1. The van der Waals surface area contributed by atoms with Crippen LogP contribution in [-0.4, -0.2) is 0 Å². The van der Waals surface area contributed by atoms with Crippen molar-refractivity contribution in [2.24, 2.45) is 0 Å². The summed E-state index contributed by atoms with van der Waals surface area (Å²) in [5.41, 5.74) is 2.46. The highest BCUT2D eigenvalue weighted by molar-refractivity contribution is 9.09. The molecule has 21 heavy (non-hydrogen) atoms. The molecule has 0 aliphatic carbocycles. The summed E-state index contributed by atoms with van der Waals surface area (Å²) in [6.07, 6.45) is 0.902. The molecule has 0 nitrogen and oxygen atoms in total. The average molecular weight is 380 g/mol. The second-order valence-corrected chi connectivity index (χ2v) is 6.90. The molecular weight excluding hydrogens is 367 g/mol. The number of hydrogen-bond donors (Lipinski definition) is 0. The Bertz CT molecular complexity index is 778. The van der Waals surface area contributed by atoms with Crippen molar-refractivity contribution in [3.63, 3.8) is 0 Å². The highest BCUT2D eigenvalue weighted by Crippen LogP contribution is 2.33. The van der Waals surface area contributed by atoms with E-state index in [-0.39, 0.29) is 4.83 Å². The fourth-order valence-corrected chi connectivity index (χ4v) is 3.43. The van der Waals surface area contributed by atoms with Crippen LogP contribution in [0.4, 0.5) is 0 Å². The van der Waals surface area contributed by atoms with Gasteiger partial charge >= 0.3 is 0 Å². The Morgan fingerprint density at radius 1 is 0.857 bits per heavy atom. The minimum atomic E-state index is 0.207. The Hall–Kier alpha value is -1.02. The first kappa shape index (κ1) is 14.9. The van der Waals surface area contributed by atoms with Crippen molar-refractivity contribution in [1.29, 1.82) is 0 Å². The number of alkyl halides is 1. The van der Waals surface area contributed by atoms with Gasteiger partial charge in [0.25, 0.3) is 0 Å². The second-order valence-electron chi connectivity index (χ2n) is 4.98. The molecule has 0 radical (unpaired) electrons. The van der Waals surface area contributed by atoms with Gasteiger partial charge in [-0.25, -0.2) is 0 Å². The standard InChI is InChI=1S/C18H13BrCl2/c19-16(14-8-9-17(20)18(21)11-14)10-13-6-3-5-12-4-1-2-7-15(12)13/h1-9,11,16H,10H2. The maximum absolute atomic E-state index is 6.10. The maximum atomic E-state index is 6.10. The van der Waals surface area contributed by atoms with Crippen molar-refractivity contribution < 1.29 is 0 Å². The number of halogens is 3. The van der Waals surface area contributed by atoms with Crippen LogP contribution >= 0.6 is 39.1 Å². The molecule has 0 heterocycles. The van der Waals surface area contributed by atoms with E-state index in [1.165, 1.54) is 16.3 Å². The molecule has 3 aromatic carbocycles. The van der Waals surface area contributed by atoms with Gasteiger partial charge in [-0.3, -0.25) is 0 Å². The molecule has 3 rings (SSSR count). The predicted octanol–water partition coefficient (Wildman–Crippen LogP) is 6.83. The summed E-state index contributed by atoms with van der Waals surface area (Å²) in [5.74, 6) is 0. The largest absolute Gasteiger partial charge is 0.0835 e. The van der Waals surface area contributed by atoms with Crippen LogP contribution in [0.3, 0.4) is 0 Å². The van der Waals surface area contributed by atoms with Gasteiger partial charge in [0.05, 0.1) is 10.0 Å². The molecule has 0 amide bonds. The van der Waals surface area contributed by atoms with E-state index in [2.05, 4.69) is 58.4 Å². The summed E-state index contributed by atoms with van der Waals surface area (Å²) in [7, 11) is 0. The fraction of sp³-hybridized carbons (Fsp3) is 0.111. The summed E-state index contributed by atoms with van der Waals surface area (Å²) in [5, 5.41) is 3.75. The van der Waals surface area contributed by atoms with Crippen molar-refractivity contribution in [1.82, 2.24) is 0 Å². The molecule has 0 saturated heterocycles. The van der Waals surface area contributed by atoms with Crippen molar-refractivity contribution in [3.8, 4) is 0 Å². The van der Waals surface area contributed by atoms with E-state index in [1.807, 2.05) is 18.2 Å². The molecule has 1 unspecified atom stereocenters. The van der Waals surface area contributed by atoms with Crippen LogP contribution in [0.15, 0.2) is 60.7 Å². The van der Waals surface area contributed by atoms with Crippen molar-refractivity contribution >= 4 is 49.9 Å². The topological polar surface area (TPSA) is 0 Å². The zero-order chi connectivity index (χ0) is 14.8. The molecule has 0 aromatic heterocycles. The molecule has 0 bridgehead atoms. The lowest BCUT2D eigenvalue weighted by Gasteiger charge is -2.13. The van der Waals surface area contributed by atoms with Gasteiger partial charge < -0.3 is 0 Å². The van der Waals surface area contributed by atoms with Crippen LogP contribution in [-0.2, 0) is 6.42 Å². The molecule has 0 N–H and O–H groups in total. The molecule has 0 saturated carbocycles. The third kappa shape index (κ3) is 3.26. The Balaban J connectivity index is 1.92. The molecule has 3 aromatic rings. The van der Waals surface area contributed by atoms with Gasteiger partial charge in [-0.1, -0.05) is 87.7 Å². The molecule has 3 heteroatoms. The van der Waals surface area contributed by atoms with Gasteiger partial charge in [0.1, 0.15) is 0 Å². The minimum Gasteiger partial charge on any atom is -0.0835 e. The zero-order valence-electron chi connectivity index (χ0n) is 11.2. The lowest BCUT2D eigenvalue weighted by Crippen LogP contribution is -1.96. The monoisotopic (exact) mass is 378 g/mol. The lowest BCUT2D eigenvalue weighted by atomic mass is 9.98. The van der Waals surface area contributed by atoms with Crippen LogP contribution in [0.5, 0.6) is 0 Å². The van der Waals surface area contributed by atoms with Gasteiger partial charge in [0.15, 0.2) is 0 Å². The first-order valence-corrected chi connectivity index (χ1v) is 8.38. The van der Waals surface area contributed by atoms with E-state index in [0.717, 1.165) is 12.0 Å². The van der Waals surface area contributed by atoms with Crippen LogP contribution in [0, 0.1) is 0 Å². The minimum absolute atomic E-state index is 0.207. The molecule has 0 spiro atoms. The van der Waals surface area contributed by atoms with Gasteiger partial charge in [0, 0.05) is 4.83 Å². The Labute approximate surface area is 142 Å². The highest BCUT2D eigenvalue weighted by Gasteiger charge is 2.12. The van der Waals surface area contributed by atoms with E-state index in [4.69, 9.17) is 23.2 Å². The van der Waals surface area contributed by atoms with Crippen LogP contribution in [0.2, 0.25) is 10.0 Å². The van der Waals surface area contributed by atoms with Gasteiger partial charge in [-0.2, -0.15) is 0 Å². The van der Waals surface area contributed by atoms with Crippen molar-refractivity contribution in [2.75, 3.05) is 0 Å². The maximum Gasteiger partial charge on any atom is 0.0595 e. The fourth-order valence-electron chi connectivity index (χ4n) is 2.49. The predicted molar refractivity (Wildman–Crippen MR) is 95.8 cm³/mol. The summed E-state index contributed by atoms with van der Waals surface area (Å²) < 4.78 is 0. The molecular formula is C18H13BrCl2. The van der Waals surface area contributed by atoms with Crippen molar-refractivity contribution in [3.05, 3.63) is 81.8 Å². The smallest absolute Gasteiger partial charge is 0.0595 e. The first-order valence-electron chi connectivity index (χ1n) is 6.71. The molecule has 0 fully saturated rings. The Morgan fingerprint density at radius 3 is 2.43 bits per heavy atom. The van der Waals surface area contributed by atoms with E-state index in [1.54, 1.807) is 0 Å².